The van der Waals surface area contributed by atoms with Gasteiger partial charge >= 0.3 is 0 Å². The van der Waals surface area contributed by atoms with E-state index in [-0.39, 0.29) is 30.8 Å². The minimum Gasteiger partial charge on any atom is -0.391 e. The van der Waals surface area contributed by atoms with Gasteiger partial charge in [-0.25, -0.2) is 0 Å². The second-order valence-corrected chi connectivity index (χ2v) is 5.69. The molecular formula is C12H19N3O3. The zero-order chi connectivity index (χ0) is 12.9. The van der Waals surface area contributed by atoms with E-state index in [0.29, 0.717) is 6.04 Å². The van der Waals surface area contributed by atoms with Gasteiger partial charge < -0.3 is 21.1 Å². The van der Waals surface area contributed by atoms with E-state index in [0.717, 1.165) is 19.3 Å². The lowest BCUT2D eigenvalue weighted by Crippen LogP contribution is -2.48. The number of hydrogen-bond donors (Lipinski definition) is 3. The summed E-state index contributed by atoms with van der Waals surface area (Å²) in [6.45, 7) is 0.236. The Labute approximate surface area is 106 Å². The number of hydrogen-bond acceptors (Lipinski definition) is 4. The molecule has 3 aliphatic heterocycles. The molecule has 3 saturated heterocycles. The van der Waals surface area contributed by atoms with Crippen molar-refractivity contribution >= 4 is 11.8 Å². The highest BCUT2D eigenvalue weighted by molar-refractivity contribution is 5.89. The molecular weight excluding hydrogens is 234 g/mol. The molecule has 2 bridgehead atoms. The van der Waals surface area contributed by atoms with Gasteiger partial charge in [-0.15, -0.1) is 0 Å². The molecule has 0 aromatic heterocycles. The Bertz CT molecular complexity index is 387. The molecule has 4 N–H and O–H groups in total. The highest BCUT2D eigenvalue weighted by Crippen LogP contribution is 2.35. The quantitative estimate of drug-likeness (QED) is 0.562. The fourth-order valence-electron chi connectivity index (χ4n) is 3.64. The van der Waals surface area contributed by atoms with Crippen LogP contribution < -0.4 is 11.1 Å². The predicted octanol–water partition coefficient (Wildman–Crippen LogP) is -1.43. The molecule has 0 radical (unpaired) electrons. The molecule has 100 valence electrons. The zero-order valence-corrected chi connectivity index (χ0v) is 10.2. The molecule has 18 heavy (non-hydrogen) atoms. The first kappa shape index (κ1) is 11.9. The maximum atomic E-state index is 12.5. The number of amides is 2. The molecule has 0 aliphatic carbocycles. The van der Waals surface area contributed by atoms with Crippen LogP contribution >= 0.6 is 0 Å². The van der Waals surface area contributed by atoms with E-state index in [1.54, 1.807) is 0 Å². The summed E-state index contributed by atoms with van der Waals surface area (Å²) in [4.78, 5) is 25.3. The molecule has 6 nitrogen and oxygen atoms in total. The van der Waals surface area contributed by atoms with Crippen LogP contribution in [0.5, 0.6) is 0 Å². The molecule has 3 heterocycles. The maximum Gasteiger partial charge on any atom is 0.240 e. The first-order valence-corrected chi connectivity index (χ1v) is 6.60. The Hall–Kier alpha value is -1.14. The number of carbonyl (C=O) groups is 2. The summed E-state index contributed by atoms with van der Waals surface area (Å²) in [5.41, 5.74) is 5.30. The second-order valence-electron chi connectivity index (χ2n) is 5.69. The average Bonchev–Trinajstić information content (AvgIpc) is 3.01. The Morgan fingerprint density at radius 2 is 2.06 bits per heavy atom. The number of primary amides is 1. The third-order valence-electron chi connectivity index (χ3n) is 4.51. The molecule has 2 amide bonds. The Morgan fingerprint density at radius 3 is 2.61 bits per heavy atom. The lowest BCUT2D eigenvalue weighted by atomic mass is 9.88. The van der Waals surface area contributed by atoms with Crippen molar-refractivity contribution in [2.75, 3.05) is 6.54 Å². The molecule has 3 rings (SSSR count). The number of aliphatic hydroxyl groups excluding tert-OH is 1. The molecule has 5 atom stereocenters. The third-order valence-corrected chi connectivity index (χ3v) is 4.51. The molecule has 0 aromatic carbocycles. The fraction of sp³-hybridized carbons (Fsp3) is 0.833. The first-order valence-electron chi connectivity index (χ1n) is 6.60. The van der Waals surface area contributed by atoms with E-state index in [1.165, 1.54) is 4.90 Å². The molecule has 0 spiro atoms. The van der Waals surface area contributed by atoms with E-state index >= 15 is 0 Å². The van der Waals surface area contributed by atoms with Gasteiger partial charge in [0.1, 0.15) is 6.04 Å². The molecule has 3 aliphatic rings. The number of rotatable bonds is 2. The summed E-state index contributed by atoms with van der Waals surface area (Å²) in [5, 5.41) is 13.0. The highest BCUT2D eigenvalue weighted by atomic mass is 16.3. The topological polar surface area (TPSA) is 95.7 Å². The Kier molecular flexibility index (Phi) is 2.79. The normalized spacial score (nSPS) is 42.5. The van der Waals surface area contributed by atoms with Gasteiger partial charge in [0.15, 0.2) is 0 Å². The minimum atomic E-state index is -0.633. The summed E-state index contributed by atoms with van der Waals surface area (Å²) in [5.74, 6) is -0.582. The third kappa shape index (κ3) is 1.80. The molecule has 3 fully saturated rings. The van der Waals surface area contributed by atoms with Crippen LogP contribution in [0.1, 0.15) is 25.7 Å². The van der Waals surface area contributed by atoms with E-state index in [4.69, 9.17) is 5.73 Å². The van der Waals surface area contributed by atoms with Crippen LogP contribution in [-0.2, 0) is 9.59 Å². The van der Waals surface area contributed by atoms with Gasteiger partial charge in [-0.3, -0.25) is 9.59 Å². The van der Waals surface area contributed by atoms with Gasteiger partial charge in [0, 0.05) is 25.0 Å². The monoisotopic (exact) mass is 253 g/mol. The number of likely N-dealkylation sites (tertiary alicyclic amines) is 1. The van der Waals surface area contributed by atoms with Crippen LogP contribution in [-0.4, -0.2) is 52.6 Å². The largest absolute Gasteiger partial charge is 0.391 e. The van der Waals surface area contributed by atoms with Crippen LogP contribution in [0.2, 0.25) is 0 Å². The lowest BCUT2D eigenvalue weighted by molar-refractivity contribution is -0.141. The number of carbonyl (C=O) groups excluding carboxylic acids is 2. The van der Waals surface area contributed by atoms with Crippen LogP contribution in [0.15, 0.2) is 0 Å². The van der Waals surface area contributed by atoms with E-state index in [2.05, 4.69) is 5.32 Å². The Morgan fingerprint density at radius 1 is 1.28 bits per heavy atom. The number of nitrogens with one attached hydrogen (secondary N) is 1. The number of β-amino-alcohol motifs (C(OH)–C–C–N with tert-alkyl or cyclic N) is 1. The van der Waals surface area contributed by atoms with Crippen LogP contribution in [0, 0.1) is 5.92 Å². The van der Waals surface area contributed by atoms with Gasteiger partial charge in [-0.1, -0.05) is 0 Å². The van der Waals surface area contributed by atoms with E-state index < -0.39 is 18.1 Å². The van der Waals surface area contributed by atoms with E-state index in [1.807, 2.05) is 0 Å². The van der Waals surface area contributed by atoms with Gasteiger partial charge in [0.05, 0.1) is 12.0 Å². The van der Waals surface area contributed by atoms with Crippen molar-refractivity contribution in [3.05, 3.63) is 0 Å². The molecule has 0 saturated carbocycles. The lowest BCUT2D eigenvalue weighted by Gasteiger charge is -2.28. The van der Waals surface area contributed by atoms with Crippen molar-refractivity contribution in [1.29, 1.82) is 0 Å². The van der Waals surface area contributed by atoms with Crippen molar-refractivity contribution in [2.24, 2.45) is 11.7 Å². The smallest absolute Gasteiger partial charge is 0.240 e. The van der Waals surface area contributed by atoms with Crippen molar-refractivity contribution in [2.45, 2.75) is 49.9 Å². The zero-order valence-electron chi connectivity index (χ0n) is 10.2. The SMILES string of the molecule is NC(=O)C1CC(O)CN1C(=O)C1CC2CCC1N2. The van der Waals surface area contributed by atoms with Gasteiger partial charge in [-0.05, 0) is 19.3 Å². The van der Waals surface area contributed by atoms with E-state index in [9.17, 15) is 14.7 Å². The summed E-state index contributed by atoms with van der Waals surface area (Å²) in [6.07, 6.45) is 2.66. The van der Waals surface area contributed by atoms with Crippen molar-refractivity contribution in [1.82, 2.24) is 10.2 Å². The van der Waals surface area contributed by atoms with Gasteiger partial charge in [0.25, 0.3) is 0 Å². The number of aliphatic hydroxyl groups is 1. The standard InChI is InChI=1S/C12H19N3O3/c13-11(17)10-4-7(16)5-15(10)12(18)8-3-6-1-2-9(8)14-6/h6-10,14,16H,1-5H2,(H2,13,17). The second kappa shape index (κ2) is 4.20. The maximum absolute atomic E-state index is 12.5. The molecule has 5 unspecified atom stereocenters. The van der Waals surface area contributed by atoms with Crippen LogP contribution in [0.3, 0.4) is 0 Å². The van der Waals surface area contributed by atoms with Crippen molar-refractivity contribution in [3.63, 3.8) is 0 Å². The molecule has 0 aromatic rings. The van der Waals surface area contributed by atoms with Crippen molar-refractivity contribution < 1.29 is 14.7 Å². The number of nitrogens with two attached hydrogens (primary N) is 1. The van der Waals surface area contributed by atoms with Crippen LogP contribution in [0.4, 0.5) is 0 Å². The summed E-state index contributed by atoms with van der Waals surface area (Å²) < 4.78 is 0. The molecule has 6 heteroatoms. The van der Waals surface area contributed by atoms with Gasteiger partial charge in [0.2, 0.25) is 11.8 Å². The minimum absolute atomic E-state index is 0.0185. The first-order chi connectivity index (χ1) is 8.56. The highest BCUT2D eigenvalue weighted by Gasteiger charge is 2.47. The van der Waals surface area contributed by atoms with Crippen LogP contribution in [0.25, 0.3) is 0 Å². The number of fused-ring (bicyclic) bond motifs is 2. The number of nitrogens with zero attached hydrogens (tertiary/aromatic N) is 1. The summed E-state index contributed by atoms with van der Waals surface area (Å²) in [7, 11) is 0. The Balaban J connectivity index is 1.73. The fourth-order valence-corrected chi connectivity index (χ4v) is 3.64. The average molecular weight is 253 g/mol. The van der Waals surface area contributed by atoms with Gasteiger partial charge in [-0.2, -0.15) is 0 Å². The predicted molar refractivity (Wildman–Crippen MR) is 63.4 cm³/mol. The van der Waals surface area contributed by atoms with Crippen molar-refractivity contribution in [3.8, 4) is 0 Å². The summed E-state index contributed by atoms with van der Waals surface area (Å²) in [6, 6.07) is 0.0592. The summed E-state index contributed by atoms with van der Waals surface area (Å²) >= 11 is 0.